The van der Waals surface area contributed by atoms with Crippen LogP contribution in [0.15, 0.2) is 11.0 Å². The van der Waals surface area contributed by atoms with Gasteiger partial charge in [-0.1, -0.05) is 0 Å². The lowest BCUT2D eigenvalue weighted by Gasteiger charge is -2.25. The van der Waals surface area contributed by atoms with Crippen LogP contribution in [-0.4, -0.2) is 45.2 Å². The molecule has 1 aromatic rings. The highest BCUT2D eigenvalue weighted by molar-refractivity contribution is 5.41. The molecule has 2 rings (SSSR count). The van der Waals surface area contributed by atoms with Gasteiger partial charge in [-0.3, -0.25) is 4.57 Å². The SMILES string of the molecule is CC(C)OC1C[C@H](n2cc(O)c(N)nc2=O)O[C@@H]1COC(C)(C)C. The van der Waals surface area contributed by atoms with Crippen LogP contribution in [0.4, 0.5) is 5.82 Å². The van der Waals surface area contributed by atoms with Crippen molar-refractivity contribution in [2.24, 2.45) is 0 Å². The molecule has 0 spiro atoms. The molecular formula is C16H27N3O5. The molecule has 1 aliphatic heterocycles. The van der Waals surface area contributed by atoms with Crippen molar-refractivity contribution in [3.63, 3.8) is 0 Å². The van der Waals surface area contributed by atoms with Gasteiger partial charge in [0.05, 0.1) is 30.6 Å². The van der Waals surface area contributed by atoms with Gasteiger partial charge < -0.3 is 25.1 Å². The van der Waals surface area contributed by atoms with E-state index >= 15 is 0 Å². The maximum atomic E-state index is 12.0. The molecule has 3 N–H and O–H groups in total. The number of nitrogens with two attached hydrogens (primary N) is 1. The van der Waals surface area contributed by atoms with Crippen LogP contribution in [0, 0.1) is 0 Å². The van der Waals surface area contributed by atoms with Crippen LogP contribution in [0.5, 0.6) is 5.75 Å². The third kappa shape index (κ3) is 4.68. The number of nitrogens with zero attached hydrogens (tertiary/aromatic N) is 2. The highest BCUT2D eigenvalue weighted by atomic mass is 16.6. The number of aromatic hydroxyl groups is 1. The molecule has 24 heavy (non-hydrogen) atoms. The van der Waals surface area contributed by atoms with Crippen molar-refractivity contribution in [3.05, 3.63) is 16.7 Å². The number of hydrogen-bond donors (Lipinski definition) is 2. The van der Waals surface area contributed by atoms with Gasteiger partial charge in [0.2, 0.25) is 0 Å². The van der Waals surface area contributed by atoms with Crippen molar-refractivity contribution >= 4 is 5.82 Å². The number of hydrogen-bond acceptors (Lipinski definition) is 7. The molecule has 1 unspecified atom stereocenters. The average Bonchev–Trinajstić information content (AvgIpc) is 2.82. The molecule has 3 atom stereocenters. The van der Waals surface area contributed by atoms with E-state index in [1.54, 1.807) is 0 Å². The van der Waals surface area contributed by atoms with E-state index in [0.717, 1.165) is 0 Å². The largest absolute Gasteiger partial charge is 0.503 e. The third-order valence-electron chi connectivity index (χ3n) is 3.58. The summed E-state index contributed by atoms with van der Waals surface area (Å²) in [7, 11) is 0. The van der Waals surface area contributed by atoms with E-state index in [2.05, 4.69) is 4.98 Å². The second kappa shape index (κ2) is 7.08. The summed E-state index contributed by atoms with van der Waals surface area (Å²) >= 11 is 0. The molecule has 8 heteroatoms. The quantitative estimate of drug-likeness (QED) is 0.833. The summed E-state index contributed by atoms with van der Waals surface area (Å²) in [5.41, 5.74) is 4.57. The zero-order valence-electron chi connectivity index (χ0n) is 14.9. The monoisotopic (exact) mass is 341 g/mol. The van der Waals surface area contributed by atoms with E-state index in [4.69, 9.17) is 19.9 Å². The maximum absolute atomic E-state index is 12.0. The topological polar surface area (TPSA) is 109 Å². The van der Waals surface area contributed by atoms with Crippen molar-refractivity contribution in [1.29, 1.82) is 0 Å². The predicted molar refractivity (Wildman–Crippen MR) is 88.8 cm³/mol. The van der Waals surface area contributed by atoms with Crippen molar-refractivity contribution in [2.45, 2.75) is 71.2 Å². The second-order valence-electron chi connectivity index (χ2n) is 7.21. The van der Waals surface area contributed by atoms with Gasteiger partial charge in [-0.05, 0) is 34.6 Å². The van der Waals surface area contributed by atoms with Crippen molar-refractivity contribution < 1.29 is 19.3 Å². The number of rotatable bonds is 5. The Bertz CT molecular complexity index is 623. The standard InChI is InChI=1S/C16H27N3O5/c1-9(2)23-11-6-13(24-12(11)8-22-16(3,4)5)19-7-10(20)14(17)18-15(19)21/h7,9,11-13,20H,6,8H2,1-5H3,(H2,17,18,21)/t11?,12-,13-/m1/s1. The minimum atomic E-state index is -0.589. The molecule has 1 aliphatic rings. The van der Waals surface area contributed by atoms with Crippen molar-refractivity contribution in [2.75, 3.05) is 12.3 Å². The zero-order chi connectivity index (χ0) is 18.1. The van der Waals surface area contributed by atoms with Gasteiger partial charge in [0.1, 0.15) is 12.3 Å². The molecule has 1 aromatic heterocycles. The fourth-order valence-corrected chi connectivity index (χ4v) is 2.52. The predicted octanol–water partition coefficient (Wildman–Crippen LogP) is 1.43. The van der Waals surface area contributed by atoms with E-state index in [1.165, 1.54) is 10.8 Å². The van der Waals surface area contributed by atoms with E-state index in [0.29, 0.717) is 13.0 Å². The fraction of sp³-hybridized carbons (Fsp3) is 0.750. The van der Waals surface area contributed by atoms with Crippen LogP contribution in [0.1, 0.15) is 47.3 Å². The van der Waals surface area contributed by atoms with Crippen molar-refractivity contribution in [3.8, 4) is 5.75 Å². The first-order valence-electron chi connectivity index (χ1n) is 8.09. The molecule has 2 heterocycles. The van der Waals surface area contributed by atoms with Gasteiger partial charge in [0, 0.05) is 6.42 Å². The third-order valence-corrected chi connectivity index (χ3v) is 3.58. The molecule has 0 aliphatic carbocycles. The summed E-state index contributed by atoms with van der Waals surface area (Å²) < 4.78 is 18.9. The summed E-state index contributed by atoms with van der Waals surface area (Å²) in [6, 6.07) is 0. The van der Waals surface area contributed by atoms with Gasteiger partial charge in [0.25, 0.3) is 0 Å². The number of anilines is 1. The molecule has 0 saturated carbocycles. The molecule has 0 radical (unpaired) electrons. The fourth-order valence-electron chi connectivity index (χ4n) is 2.52. The molecule has 1 fully saturated rings. The second-order valence-corrected chi connectivity index (χ2v) is 7.21. The Morgan fingerprint density at radius 2 is 2.17 bits per heavy atom. The van der Waals surface area contributed by atoms with Crippen LogP contribution in [0.3, 0.4) is 0 Å². The highest BCUT2D eigenvalue weighted by Gasteiger charge is 2.39. The van der Waals surface area contributed by atoms with E-state index < -0.39 is 11.9 Å². The molecule has 136 valence electrons. The minimum Gasteiger partial charge on any atom is -0.503 e. The first-order valence-corrected chi connectivity index (χ1v) is 8.09. The number of ether oxygens (including phenoxy) is 3. The lowest BCUT2D eigenvalue weighted by molar-refractivity contribution is -0.115. The first-order chi connectivity index (χ1) is 11.1. The normalized spacial score (nSPS) is 24.7. The summed E-state index contributed by atoms with van der Waals surface area (Å²) in [6.45, 7) is 10.1. The lowest BCUT2D eigenvalue weighted by atomic mass is 10.1. The molecule has 1 saturated heterocycles. The average molecular weight is 341 g/mol. The van der Waals surface area contributed by atoms with Crippen LogP contribution < -0.4 is 11.4 Å². The highest BCUT2D eigenvalue weighted by Crippen LogP contribution is 2.32. The number of nitrogen functional groups attached to an aromatic ring is 1. The smallest absolute Gasteiger partial charge is 0.351 e. The van der Waals surface area contributed by atoms with Crippen LogP contribution in [-0.2, 0) is 14.2 Å². The summed E-state index contributed by atoms with van der Waals surface area (Å²) in [4.78, 5) is 15.6. The van der Waals surface area contributed by atoms with Gasteiger partial charge >= 0.3 is 5.69 Å². The van der Waals surface area contributed by atoms with Crippen LogP contribution in [0.2, 0.25) is 0 Å². The molecular weight excluding hydrogens is 314 g/mol. The van der Waals surface area contributed by atoms with Gasteiger partial charge in [-0.2, -0.15) is 4.98 Å². The number of aromatic nitrogens is 2. The Morgan fingerprint density at radius 3 is 2.75 bits per heavy atom. The maximum Gasteiger partial charge on any atom is 0.351 e. The van der Waals surface area contributed by atoms with Crippen molar-refractivity contribution in [1.82, 2.24) is 9.55 Å². The Hall–Kier alpha value is -1.64. The van der Waals surface area contributed by atoms with Gasteiger partial charge in [0.15, 0.2) is 11.6 Å². The summed E-state index contributed by atoms with van der Waals surface area (Å²) in [5.74, 6) is -0.453. The van der Waals surface area contributed by atoms with E-state index in [-0.39, 0.29) is 35.5 Å². The Kier molecular flexibility index (Phi) is 5.52. The zero-order valence-corrected chi connectivity index (χ0v) is 14.9. The minimum absolute atomic E-state index is 0.0177. The summed E-state index contributed by atoms with van der Waals surface area (Å²) in [6.07, 6.45) is 0.598. The summed E-state index contributed by atoms with van der Waals surface area (Å²) in [5, 5.41) is 9.71. The van der Waals surface area contributed by atoms with E-state index in [1.807, 2.05) is 34.6 Å². The van der Waals surface area contributed by atoms with Crippen LogP contribution in [0.25, 0.3) is 0 Å². The van der Waals surface area contributed by atoms with Gasteiger partial charge in [-0.15, -0.1) is 0 Å². The van der Waals surface area contributed by atoms with Crippen LogP contribution >= 0.6 is 0 Å². The molecule has 0 bridgehead atoms. The van der Waals surface area contributed by atoms with Gasteiger partial charge in [-0.25, -0.2) is 4.79 Å². The lowest BCUT2D eigenvalue weighted by Crippen LogP contribution is -2.34. The molecule has 0 aromatic carbocycles. The first kappa shape index (κ1) is 18.7. The van der Waals surface area contributed by atoms with E-state index in [9.17, 15) is 9.90 Å². The molecule has 8 nitrogen and oxygen atoms in total. The molecule has 0 amide bonds. The Morgan fingerprint density at radius 1 is 1.50 bits per heavy atom. The Labute approximate surface area is 141 Å². The Balaban J connectivity index is 2.18.